The van der Waals surface area contributed by atoms with Gasteiger partial charge < -0.3 is 0 Å². The molecule has 1 heterocycles. The van der Waals surface area contributed by atoms with Crippen molar-refractivity contribution in [3.63, 3.8) is 0 Å². The van der Waals surface area contributed by atoms with Crippen molar-refractivity contribution in [3.8, 4) is 0 Å². The zero-order valence-electron chi connectivity index (χ0n) is 10.4. The Morgan fingerprint density at radius 3 is 2.53 bits per heavy atom. The fourth-order valence-electron chi connectivity index (χ4n) is 3.07. The first-order valence-electron chi connectivity index (χ1n) is 6.03. The highest BCUT2D eigenvalue weighted by Crippen LogP contribution is 2.52. The van der Waals surface area contributed by atoms with E-state index in [-0.39, 0.29) is 5.54 Å². The van der Waals surface area contributed by atoms with Gasteiger partial charge in [-0.2, -0.15) is 0 Å². The summed E-state index contributed by atoms with van der Waals surface area (Å²) in [6.45, 7) is 6.83. The van der Waals surface area contributed by atoms with E-state index in [1.807, 2.05) is 7.05 Å². The van der Waals surface area contributed by atoms with Crippen LogP contribution in [0.1, 0.15) is 52.9 Å². The fourth-order valence-corrected chi connectivity index (χ4v) is 3.07. The molecule has 15 heavy (non-hydrogen) atoms. The Bertz CT molecular complexity index is 329. The molecule has 0 amide bonds. The molecule has 2 unspecified atom stereocenters. The van der Waals surface area contributed by atoms with Crippen LogP contribution in [0.5, 0.6) is 0 Å². The van der Waals surface area contributed by atoms with Gasteiger partial charge in [0.15, 0.2) is 0 Å². The molecule has 2 aliphatic rings. The van der Waals surface area contributed by atoms with E-state index in [1.54, 1.807) is 0 Å². The van der Waals surface area contributed by atoms with Gasteiger partial charge in [0.05, 0.1) is 17.0 Å². The van der Waals surface area contributed by atoms with Crippen LogP contribution >= 0.6 is 0 Å². The first-order chi connectivity index (χ1) is 7.01. The Hall–Kier alpha value is -0.660. The molecular weight excluding hydrogens is 184 g/mol. The Labute approximate surface area is 92.9 Å². The van der Waals surface area contributed by atoms with Gasteiger partial charge in [0.2, 0.25) is 0 Å². The number of rotatable bonds is 1. The maximum atomic E-state index is 4.97. The minimum absolute atomic E-state index is 0.187. The lowest BCUT2D eigenvalue weighted by Gasteiger charge is -2.43. The molecule has 1 aliphatic carbocycles. The largest absolute Gasteiger partial charge is 0.292 e. The van der Waals surface area contributed by atoms with Crippen molar-refractivity contribution in [1.82, 2.24) is 0 Å². The Kier molecular flexibility index (Phi) is 2.48. The van der Waals surface area contributed by atoms with Crippen LogP contribution in [0.4, 0.5) is 0 Å². The molecule has 1 aliphatic heterocycles. The average molecular weight is 206 g/mol. The van der Waals surface area contributed by atoms with Gasteiger partial charge in [0.1, 0.15) is 0 Å². The second kappa shape index (κ2) is 3.43. The number of fused-ring (bicyclic) bond motifs is 1. The molecule has 1 fully saturated rings. The Morgan fingerprint density at radius 2 is 1.93 bits per heavy atom. The zero-order chi connectivity index (χ0) is 11.1. The van der Waals surface area contributed by atoms with Crippen molar-refractivity contribution in [1.29, 1.82) is 0 Å². The summed E-state index contributed by atoms with van der Waals surface area (Å²) in [6, 6.07) is 0. The molecule has 2 rings (SSSR count). The van der Waals surface area contributed by atoms with Crippen LogP contribution in [-0.2, 0) is 0 Å². The first-order valence-corrected chi connectivity index (χ1v) is 6.03. The summed E-state index contributed by atoms with van der Waals surface area (Å²) >= 11 is 0. The summed E-state index contributed by atoms with van der Waals surface area (Å²) in [6.07, 6.45) is 6.42. The maximum Gasteiger partial charge on any atom is 0.0641 e. The summed E-state index contributed by atoms with van der Waals surface area (Å²) in [7, 11) is 1.87. The quantitative estimate of drug-likeness (QED) is 0.588. The van der Waals surface area contributed by atoms with Crippen LogP contribution in [-0.4, -0.2) is 24.0 Å². The predicted octanol–water partition coefficient (Wildman–Crippen LogP) is 3.26. The summed E-state index contributed by atoms with van der Waals surface area (Å²) < 4.78 is 0. The highest BCUT2D eigenvalue weighted by atomic mass is 15.0. The molecule has 1 saturated carbocycles. The van der Waals surface area contributed by atoms with Crippen LogP contribution in [0.25, 0.3) is 0 Å². The SMILES string of the molecule is CN=C(C)C1=NC2(C)CCCCC2(C)C1. The molecule has 2 heteroatoms. The summed E-state index contributed by atoms with van der Waals surface area (Å²) in [5.41, 5.74) is 2.97. The third-order valence-corrected chi connectivity index (χ3v) is 4.63. The van der Waals surface area contributed by atoms with E-state index < -0.39 is 0 Å². The lowest BCUT2D eigenvalue weighted by atomic mass is 9.63. The minimum atomic E-state index is 0.187. The van der Waals surface area contributed by atoms with Gasteiger partial charge in [-0.1, -0.05) is 19.8 Å². The molecule has 0 aromatic heterocycles. The smallest absolute Gasteiger partial charge is 0.0641 e. The summed E-state index contributed by atoms with van der Waals surface area (Å²) in [5.74, 6) is 0. The van der Waals surface area contributed by atoms with Gasteiger partial charge in [-0.3, -0.25) is 9.98 Å². The van der Waals surface area contributed by atoms with E-state index in [0.717, 1.165) is 12.1 Å². The van der Waals surface area contributed by atoms with Gasteiger partial charge in [0.25, 0.3) is 0 Å². The highest BCUT2D eigenvalue weighted by Gasteiger charge is 2.50. The molecule has 0 spiro atoms. The second-order valence-electron chi connectivity index (χ2n) is 5.59. The van der Waals surface area contributed by atoms with E-state index in [9.17, 15) is 0 Å². The van der Waals surface area contributed by atoms with E-state index in [4.69, 9.17) is 4.99 Å². The second-order valence-corrected chi connectivity index (χ2v) is 5.59. The molecule has 2 atom stereocenters. The third kappa shape index (κ3) is 1.54. The van der Waals surface area contributed by atoms with Crippen LogP contribution in [0.2, 0.25) is 0 Å². The standard InChI is InChI=1S/C13H22N2/c1-10(14-4)11-9-12(2)7-5-6-8-13(12,3)15-11/h5-9H2,1-4H3. The molecule has 0 aromatic rings. The molecule has 2 nitrogen and oxygen atoms in total. The van der Waals surface area contributed by atoms with E-state index in [2.05, 4.69) is 25.8 Å². The number of hydrogen-bond donors (Lipinski definition) is 0. The fraction of sp³-hybridized carbons (Fsp3) is 0.846. The van der Waals surface area contributed by atoms with Crippen LogP contribution in [0.15, 0.2) is 9.98 Å². The van der Waals surface area contributed by atoms with E-state index in [0.29, 0.717) is 5.41 Å². The summed E-state index contributed by atoms with van der Waals surface area (Å²) in [4.78, 5) is 9.25. The molecule has 84 valence electrons. The van der Waals surface area contributed by atoms with Crippen LogP contribution in [0, 0.1) is 5.41 Å². The van der Waals surface area contributed by atoms with Gasteiger partial charge in [-0.25, -0.2) is 0 Å². The minimum Gasteiger partial charge on any atom is -0.292 e. The highest BCUT2D eigenvalue weighted by molar-refractivity contribution is 6.42. The first kappa shape index (κ1) is 10.8. The molecule has 0 aromatic carbocycles. The van der Waals surface area contributed by atoms with Gasteiger partial charge in [0, 0.05) is 7.05 Å². The Balaban J connectivity index is 2.32. The molecule has 0 radical (unpaired) electrons. The molecular formula is C13H22N2. The van der Waals surface area contributed by atoms with Gasteiger partial charge in [-0.05, 0) is 38.5 Å². The monoisotopic (exact) mass is 206 g/mol. The van der Waals surface area contributed by atoms with Gasteiger partial charge >= 0.3 is 0 Å². The number of hydrogen-bond acceptors (Lipinski definition) is 2. The lowest BCUT2D eigenvalue weighted by Crippen LogP contribution is -2.41. The normalized spacial score (nSPS) is 41.3. The zero-order valence-corrected chi connectivity index (χ0v) is 10.4. The van der Waals surface area contributed by atoms with Crippen molar-refractivity contribution in [2.24, 2.45) is 15.4 Å². The van der Waals surface area contributed by atoms with E-state index >= 15 is 0 Å². The van der Waals surface area contributed by atoms with Crippen molar-refractivity contribution < 1.29 is 0 Å². The maximum absolute atomic E-state index is 4.97. The van der Waals surface area contributed by atoms with Crippen molar-refractivity contribution in [2.45, 2.75) is 58.4 Å². The summed E-state index contributed by atoms with van der Waals surface area (Å²) in [5, 5.41) is 0. The van der Waals surface area contributed by atoms with Gasteiger partial charge in [-0.15, -0.1) is 0 Å². The lowest BCUT2D eigenvalue weighted by molar-refractivity contribution is 0.122. The van der Waals surface area contributed by atoms with Crippen LogP contribution in [0.3, 0.4) is 0 Å². The number of aliphatic imine (C=N–C) groups is 2. The van der Waals surface area contributed by atoms with Crippen LogP contribution < -0.4 is 0 Å². The third-order valence-electron chi connectivity index (χ3n) is 4.63. The predicted molar refractivity (Wildman–Crippen MR) is 66.1 cm³/mol. The van der Waals surface area contributed by atoms with Crippen molar-refractivity contribution in [3.05, 3.63) is 0 Å². The molecule has 0 N–H and O–H groups in total. The van der Waals surface area contributed by atoms with E-state index in [1.165, 1.54) is 31.4 Å². The molecule has 0 saturated heterocycles. The number of nitrogens with zero attached hydrogens (tertiary/aromatic N) is 2. The van der Waals surface area contributed by atoms with Crippen molar-refractivity contribution in [2.75, 3.05) is 7.05 Å². The topological polar surface area (TPSA) is 24.7 Å². The molecule has 0 bridgehead atoms. The Morgan fingerprint density at radius 1 is 1.27 bits per heavy atom. The average Bonchev–Trinajstić information content (AvgIpc) is 2.49. The van der Waals surface area contributed by atoms with Crippen molar-refractivity contribution >= 4 is 11.4 Å².